The molecule has 0 saturated carbocycles. The Morgan fingerprint density at radius 1 is 1.03 bits per heavy atom. The Hall–Kier alpha value is -3.55. The number of carbonyl (C=O) groups is 3. The summed E-state index contributed by atoms with van der Waals surface area (Å²) in [6, 6.07) is 15.1. The summed E-state index contributed by atoms with van der Waals surface area (Å²) >= 11 is 0. The van der Waals surface area contributed by atoms with Crippen LogP contribution >= 0.6 is 0 Å². The molecule has 1 saturated heterocycles. The molecule has 0 spiro atoms. The van der Waals surface area contributed by atoms with Crippen LogP contribution in [-0.4, -0.2) is 54.2 Å². The van der Waals surface area contributed by atoms with E-state index in [1.54, 1.807) is 40.0 Å². The Bertz CT molecular complexity index is 1000. The van der Waals surface area contributed by atoms with E-state index in [-0.39, 0.29) is 18.9 Å². The molecule has 0 aromatic heterocycles. The average molecular weight is 483 g/mol. The second-order valence-corrected chi connectivity index (χ2v) is 9.53. The van der Waals surface area contributed by atoms with Crippen LogP contribution in [0.4, 0.5) is 4.79 Å². The van der Waals surface area contributed by atoms with Crippen LogP contribution in [0.1, 0.15) is 44.7 Å². The zero-order valence-corrected chi connectivity index (χ0v) is 20.8. The van der Waals surface area contributed by atoms with E-state index in [1.165, 1.54) is 4.90 Å². The predicted octanol–water partition coefficient (Wildman–Crippen LogP) is 3.87. The maximum atomic E-state index is 13.6. The van der Waals surface area contributed by atoms with Gasteiger partial charge in [-0.05, 0) is 56.9 Å². The number of likely N-dealkylation sites (tertiary alicyclic amines) is 1. The monoisotopic (exact) mass is 482 g/mol. The quantitative estimate of drug-likeness (QED) is 0.574. The van der Waals surface area contributed by atoms with Crippen molar-refractivity contribution in [3.63, 3.8) is 0 Å². The molecule has 0 radical (unpaired) electrons. The average Bonchev–Trinajstić information content (AvgIpc) is 3.32. The number of hydrogen-bond acceptors (Lipinski definition) is 6. The smallest absolute Gasteiger partial charge is 0.408 e. The standard InChI is InChI=1S/C27H34N2O6/c1-27(2,3)35-26(32)28-22(17-19-12-14-21(33-4)15-13-19)24(30)29-16-8-11-23(29)25(31)34-18-20-9-6-5-7-10-20/h5-7,9-10,12-15,22-23H,8,11,16-18H2,1-4H3,(H,28,32)/t22?,23-/m0/s1. The van der Waals surface area contributed by atoms with E-state index in [0.717, 1.165) is 11.1 Å². The molecule has 2 amide bonds. The molecular weight excluding hydrogens is 448 g/mol. The molecule has 2 atom stereocenters. The third kappa shape index (κ3) is 7.73. The van der Waals surface area contributed by atoms with Crippen LogP contribution in [0.15, 0.2) is 54.6 Å². The maximum Gasteiger partial charge on any atom is 0.408 e. The lowest BCUT2D eigenvalue weighted by Crippen LogP contribution is -2.53. The number of ether oxygens (including phenoxy) is 3. The zero-order valence-electron chi connectivity index (χ0n) is 20.8. The van der Waals surface area contributed by atoms with Gasteiger partial charge in [-0.2, -0.15) is 0 Å². The molecule has 1 aliphatic heterocycles. The Morgan fingerprint density at radius 3 is 2.34 bits per heavy atom. The third-order valence-electron chi connectivity index (χ3n) is 5.62. The van der Waals surface area contributed by atoms with Gasteiger partial charge >= 0.3 is 12.1 Å². The first kappa shape index (κ1) is 26.1. The van der Waals surface area contributed by atoms with Crippen molar-refractivity contribution in [2.45, 2.75) is 64.3 Å². The number of carbonyl (C=O) groups excluding carboxylic acids is 3. The summed E-state index contributed by atoms with van der Waals surface area (Å²) in [6.07, 6.45) is 0.746. The molecular formula is C27H34N2O6. The van der Waals surface area contributed by atoms with Gasteiger partial charge in [0.1, 0.15) is 30.0 Å². The highest BCUT2D eigenvalue weighted by Crippen LogP contribution is 2.22. The van der Waals surface area contributed by atoms with E-state index in [4.69, 9.17) is 14.2 Å². The summed E-state index contributed by atoms with van der Waals surface area (Å²) in [4.78, 5) is 40.5. The van der Waals surface area contributed by atoms with Crippen LogP contribution in [0, 0.1) is 0 Å². The summed E-state index contributed by atoms with van der Waals surface area (Å²) in [5.41, 5.74) is 0.998. The minimum absolute atomic E-state index is 0.142. The van der Waals surface area contributed by atoms with E-state index in [0.29, 0.717) is 25.1 Å². The lowest BCUT2D eigenvalue weighted by atomic mass is 10.0. The van der Waals surface area contributed by atoms with Gasteiger partial charge in [0.05, 0.1) is 7.11 Å². The van der Waals surface area contributed by atoms with Crippen LogP contribution in [0.2, 0.25) is 0 Å². The van der Waals surface area contributed by atoms with Crippen molar-refractivity contribution in [3.8, 4) is 5.75 Å². The number of esters is 1. The van der Waals surface area contributed by atoms with Crippen LogP contribution < -0.4 is 10.1 Å². The number of methoxy groups -OCH3 is 1. The molecule has 0 bridgehead atoms. The molecule has 35 heavy (non-hydrogen) atoms. The molecule has 188 valence electrons. The number of alkyl carbamates (subject to hydrolysis) is 1. The van der Waals surface area contributed by atoms with Crippen molar-refractivity contribution in [1.29, 1.82) is 0 Å². The Morgan fingerprint density at radius 2 is 1.71 bits per heavy atom. The molecule has 1 N–H and O–H groups in total. The van der Waals surface area contributed by atoms with Gasteiger partial charge in [-0.1, -0.05) is 42.5 Å². The molecule has 3 rings (SSSR count). The first-order valence-electron chi connectivity index (χ1n) is 11.8. The minimum Gasteiger partial charge on any atom is -0.497 e. The summed E-state index contributed by atoms with van der Waals surface area (Å²) < 4.78 is 16.1. The molecule has 8 nitrogen and oxygen atoms in total. The highest BCUT2D eigenvalue weighted by Gasteiger charge is 2.39. The zero-order chi connectivity index (χ0) is 25.4. The fourth-order valence-electron chi connectivity index (χ4n) is 3.95. The fraction of sp³-hybridized carbons (Fsp3) is 0.444. The van der Waals surface area contributed by atoms with Crippen molar-refractivity contribution in [3.05, 3.63) is 65.7 Å². The largest absolute Gasteiger partial charge is 0.497 e. The number of benzene rings is 2. The number of nitrogens with one attached hydrogen (secondary N) is 1. The van der Waals surface area contributed by atoms with Crippen LogP contribution in [-0.2, 0) is 32.1 Å². The second kappa shape index (κ2) is 11.7. The van der Waals surface area contributed by atoms with Gasteiger partial charge in [0.25, 0.3) is 0 Å². The van der Waals surface area contributed by atoms with Crippen molar-refractivity contribution in [2.24, 2.45) is 0 Å². The Balaban J connectivity index is 1.73. The summed E-state index contributed by atoms with van der Waals surface area (Å²) in [6.45, 7) is 5.83. The van der Waals surface area contributed by atoms with Crippen molar-refractivity contribution in [2.75, 3.05) is 13.7 Å². The summed E-state index contributed by atoms with van der Waals surface area (Å²) in [5, 5.41) is 2.71. The van der Waals surface area contributed by atoms with E-state index in [9.17, 15) is 14.4 Å². The molecule has 1 unspecified atom stereocenters. The molecule has 2 aromatic carbocycles. The fourth-order valence-corrected chi connectivity index (χ4v) is 3.95. The second-order valence-electron chi connectivity index (χ2n) is 9.53. The van der Waals surface area contributed by atoms with Gasteiger partial charge in [-0.15, -0.1) is 0 Å². The highest BCUT2D eigenvalue weighted by atomic mass is 16.6. The summed E-state index contributed by atoms with van der Waals surface area (Å²) in [7, 11) is 1.58. The minimum atomic E-state index is -0.902. The lowest BCUT2D eigenvalue weighted by molar-refractivity contribution is -0.155. The normalized spacial score (nSPS) is 16.3. The first-order valence-corrected chi connectivity index (χ1v) is 11.8. The predicted molar refractivity (Wildman–Crippen MR) is 131 cm³/mol. The molecule has 1 aliphatic rings. The molecule has 2 aromatic rings. The van der Waals surface area contributed by atoms with Gasteiger partial charge in [-0.3, -0.25) is 4.79 Å². The lowest BCUT2D eigenvalue weighted by Gasteiger charge is -2.29. The van der Waals surface area contributed by atoms with Gasteiger partial charge in [0.15, 0.2) is 0 Å². The topological polar surface area (TPSA) is 94.2 Å². The first-order chi connectivity index (χ1) is 16.7. The van der Waals surface area contributed by atoms with Crippen molar-refractivity contribution in [1.82, 2.24) is 10.2 Å². The number of amides is 2. The van der Waals surface area contributed by atoms with Gasteiger partial charge in [-0.25, -0.2) is 9.59 Å². The van der Waals surface area contributed by atoms with Gasteiger partial charge in [0.2, 0.25) is 5.91 Å². The van der Waals surface area contributed by atoms with E-state index >= 15 is 0 Å². The SMILES string of the molecule is COc1ccc(CC(NC(=O)OC(C)(C)C)C(=O)N2CCC[C@H]2C(=O)OCc2ccccc2)cc1. The molecule has 8 heteroatoms. The van der Waals surface area contributed by atoms with Gasteiger partial charge in [0, 0.05) is 13.0 Å². The Labute approximate surface area is 206 Å². The van der Waals surface area contributed by atoms with E-state index in [1.807, 2.05) is 42.5 Å². The van der Waals surface area contributed by atoms with Gasteiger partial charge < -0.3 is 24.4 Å². The highest BCUT2D eigenvalue weighted by molar-refractivity contribution is 5.90. The Kier molecular flexibility index (Phi) is 8.73. The number of nitrogens with zero attached hydrogens (tertiary/aromatic N) is 1. The molecule has 1 fully saturated rings. The summed E-state index contributed by atoms with van der Waals surface area (Å²) in [5.74, 6) is -0.0940. The van der Waals surface area contributed by atoms with Crippen molar-refractivity contribution >= 4 is 18.0 Å². The number of hydrogen-bond donors (Lipinski definition) is 1. The van der Waals surface area contributed by atoms with Crippen LogP contribution in [0.3, 0.4) is 0 Å². The molecule has 0 aliphatic carbocycles. The third-order valence-corrected chi connectivity index (χ3v) is 5.62. The van der Waals surface area contributed by atoms with Crippen molar-refractivity contribution < 1.29 is 28.6 Å². The number of rotatable bonds is 8. The van der Waals surface area contributed by atoms with Crippen LogP contribution in [0.5, 0.6) is 5.75 Å². The van der Waals surface area contributed by atoms with E-state index < -0.39 is 29.7 Å². The van der Waals surface area contributed by atoms with Crippen LogP contribution in [0.25, 0.3) is 0 Å². The van der Waals surface area contributed by atoms with E-state index in [2.05, 4.69) is 5.32 Å². The maximum absolute atomic E-state index is 13.6. The molecule has 1 heterocycles.